The maximum absolute atomic E-state index is 4.56. The lowest BCUT2D eigenvalue weighted by atomic mass is 10.1. The van der Waals surface area contributed by atoms with Crippen molar-refractivity contribution in [1.29, 1.82) is 0 Å². The second kappa shape index (κ2) is 5.07. The van der Waals surface area contributed by atoms with E-state index < -0.39 is 0 Å². The van der Waals surface area contributed by atoms with Crippen molar-refractivity contribution in [3.8, 4) is 0 Å². The van der Waals surface area contributed by atoms with Gasteiger partial charge in [-0.25, -0.2) is 0 Å². The molecular formula is C18H15N. The number of aryl methyl sites for hydroxylation is 1. The summed E-state index contributed by atoms with van der Waals surface area (Å²) in [5.74, 6) is 0. The zero-order chi connectivity index (χ0) is 13.1. The van der Waals surface area contributed by atoms with E-state index in [1.165, 1.54) is 16.3 Å². The fraction of sp³-hybridized carbons (Fsp3) is 0.0556. The van der Waals surface area contributed by atoms with Crippen LogP contribution in [0.2, 0.25) is 0 Å². The molecule has 0 bridgehead atoms. The minimum absolute atomic E-state index is 0.988. The molecule has 0 spiro atoms. The molecule has 0 N–H and O–H groups in total. The van der Waals surface area contributed by atoms with Crippen LogP contribution in [0.25, 0.3) is 10.8 Å². The molecule has 0 radical (unpaired) electrons. The van der Waals surface area contributed by atoms with Crippen LogP contribution in [0, 0.1) is 6.92 Å². The van der Waals surface area contributed by atoms with Gasteiger partial charge in [-0.3, -0.25) is 4.99 Å². The minimum atomic E-state index is 0.988. The highest BCUT2D eigenvalue weighted by Crippen LogP contribution is 2.21. The second-order valence-corrected chi connectivity index (χ2v) is 4.65. The first-order chi connectivity index (χ1) is 9.33. The molecule has 0 aromatic heterocycles. The molecule has 0 unspecified atom stereocenters. The van der Waals surface area contributed by atoms with Crippen LogP contribution in [-0.4, -0.2) is 6.21 Å². The summed E-state index contributed by atoms with van der Waals surface area (Å²) < 4.78 is 0. The fourth-order valence-electron chi connectivity index (χ4n) is 2.13. The van der Waals surface area contributed by atoms with E-state index in [1.54, 1.807) is 0 Å². The lowest BCUT2D eigenvalue weighted by Gasteiger charge is -2.00. The standard InChI is InChI=1S/C18H15N/c1-14-6-2-3-9-17(14)13-19-18-11-10-15-7-4-5-8-16(15)12-18/h2-13H,1H3. The summed E-state index contributed by atoms with van der Waals surface area (Å²) in [6.45, 7) is 2.10. The lowest BCUT2D eigenvalue weighted by molar-refractivity contribution is 1.44. The van der Waals surface area contributed by atoms with Crippen LogP contribution in [0.5, 0.6) is 0 Å². The molecule has 3 rings (SSSR count). The number of aliphatic imine (C=N–C) groups is 1. The van der Waals surface area contributed by atoms with Crippen molar-refractivity contribution in [2.45, 2.75) is 6.92 Å². The third kappa shape index (κ3) is 2.55. The van der Waals surface area contributed by atoms with Gasteiger partial charge in [-0.15, -0.1) is 0 Å². The summed E-state index contributed by atoms with van der Waals surface area (Å²) in [7, 11) is 0. The summed E-state index contributed by atoms with van der Waals surface area (Å²) in [6.07, 6.45) is 1.93. The molecule has 0 saturated carbocycles. The van der Waals surface area contributed by atoms with E-state index in [4.69, 9.17) is 0 Å². The van der Waals surface area contributed by atoms with Crippen LogP contribution in [-0.2, 0) is 0 Å². The first-order valence-corrected chi connectivity index (χ1v) is 6.41. The van der Waals surface area contributed by atoms with Gasteiger partial charge >= 0.3 is 0 Å². The van der Waals surface area contributed by atoms with Gasteiger partial charge in [-0.1, -0.05) is 54.6 Å². The molecule has 0 saturated heterocycles. The minimum Gasteiger partial charge on any atom is -0.256 e. The van der Waals surface area contributed by atoms with Crippen LogP contribution in [0.1, 0.15) is 11.1 Å². The molecule has 1 heteroatoms. The van der Waals surface area contributed by atoms with Crippen molar-refractivity contribution < 1.29 is 0 Å². The van der Waals surface area contributed by atoms with Crippen molar-refractivity contribution in [3.05, 3.63) is 77.9 Å². The Kier molecular flexibility index (Phi) is 3.11. The molecule has 0 atom stereocenters. The van der Waals surface area contributed by atoms with Crippen molar-refractivity contribution >= 4 is 22.7 Å². The van der Waals surface area contributed by atoms with Crippen LogP contribution < -0.4 is 0 Å². The maximum Gasteiger partial charge on any atom is 0.0636 e. The van der Waals surface area contributed by atoms with E-state index in [1.807, 2.05) is 18.3 Å². The van der Waals surface area contributed by atoms with Crippen molar-refractivity contribution in [1.82, 2.24) is 0 Å². The smallest absolute Gasteiger partial charge is 0.0636 e. The van der Waals surface area contributed by atoms with Gasteiger partial charge in [0.2, 0.25) is 0 Å². The van der Waals surface area contributed by atoms with Gasteiger partial charge in [0.25, 0.3) is 0 Å². The molecule has 0 fully saturated rings. The average molecular weight is 245 g/mol. The lowest BCUT2D eigenvalue weighted by Crippen LogP contribution is -1.84. The topological polar surface area (TPSA) is 12.4 Å². The Balaban J connectivity index is 1.95. The summed E-state index contributed by atoms with van der Waals surface area (Å²) in [5, 5.41) is 2.47. The van der Waals surface area contributed by atoms with Crippen molar-refractivity contribution in [2.24, 2.45) is 4.99 Å². The molecule has 0 amide bonds. The molecule has 0 heterocycles. The van der Waals surface area contributed by atoms with E-state index in [2.05, 4.69) is 66.5 Å². The molecule has 92 valence electrons. The van der Waals surface area contributed by atoms with Gasteiger partial charge in [0.1, 0.15) is 0 Å². The van der Waals surface area contributed by atoms with Crippen LogP contribution in [0.4, 0.5) is 5.69 Å². The summed E-state index contributed by atoms with van der Waals surface area (Å²) in [4.78, 5) is 4.56. The largest absolute Gasteiger partial charge is 0.256 e. The number of hydrogen-bond donors (Lipinski definition) is 0. The van der Waals surface area contributed by atoms with E-state index in [0.29, 0.717) is 0 Å². The highest BCUT2D eigenvalue weighted by Gasteiger charge is 1.95. The highest BCUT2D eigenvalue weighted by atomic mass is 14.7. The molecule has 0 aliphatic rings. The molecule has 3 aromatic carbocycles. The summed E-state index contributed by atoms with van der Waals surface area (Å²) in [5.41, 5.74) is 3.39. The second-order valence-electron chi connectivity index (χ2n) is 4.65. The monoisotopic (exact) mass is 245 g/mol. The van der Waals surface area contributed by atoms with Gasteiger partial charge in [0.15, 0.2) is 0 Å². The summed E-state index contributed by atoms with van der Waals surface area (Å²) >= 11 is 0. The predicted octanol–water partition coefficient (Wildman–Crippen LogP) is 4.90. The Labute approximate surface area is 113 Å². The van der Waals surface area contributed by atoms with Gasteiger partial charge in [-0.2, -0.15) is 0 Å². The van der Waals surface area contributed by atoms with Crippen LogP contribution in [0.3, 0.4) is 0 Å². The first-order valence-electron chi connectivity index (χ1n) is 6.41. The zero-order valence-corrected chi connectivity index (χ0v) is 10.9. The average Bonchev–Trinajstić information content (AvgIpc) is 2.46. The zero-order valence-electron chi connectivity index (χ0n) is 10.9. The molecule has 19 heavy (non-hydrogen) atoms. The molecular weight excluding hydrogens is 230 g/mol. The van der Waals surface area contributed by atoms with Crippen LogP contribution >= 0.6 is 0 Å². The first kappa shape index (κ1) is 11.7. The Bertz CT molecular complexity index is 741. The third-order valence-electron chi connectivity index (χ3n) is 3.27. The Morgan fingerprint density at radius 2 is 1.53 bits per heavy atom. The Morgan fingerprint density at radius 1 is 0.789 bits per heavy atom. The summed E-state index contributed by atoms with van der Waals surface area (Å²) in [6, 6.07) is 22.9. The number of nitrogens with zero attached hydrogens (tertiary/aromatic N) is 1. The molecule has 1 nitrogen and oxygen atoms in total. The Hall–Kier alpha value is -2.41. The SMILES string of the molecule is Cc1ccccc1C=Nc1ccc2ccccc2c1. The normalized spacial score (nSPS) is 11.2. The van der Waals surface area contributed by atoms with Gasteiger partial charge < -0.3 is 0 Å². The third-order valence-corrected chi connectivity index (χ3v) is 3.27. The quantitative estimate of drug-likeness (QED) is 0.569. The van der Waals surface area contributed by atoms with Crippen LogP contribution in [0.15, 0.2) is 71.7 Å². The molecule has 0 aliphatic heterocycles. The molecule has 3 aromatic rings. The Morgan fingerprint density at radius 3 is 2.37 bits per heavy atom. The number of benzene rings is 3. The van der Waals surface area contributed by atoms with Crippen molar-refractivity contribution in [2.75, 3.05) is 0 Å². The maximum atomic E-state index is 4.56. The van der Waals surface area contributed by atoms with E-state index in [-0.39, 0.29) is 0 Å². The van der Waals surface area contributed by atoms with Gasteiger partial charge in [-0.05, 0) is 41.0 Å². The van der Waals surface area contributed by atoms with E-state index in [0.717, 1.165) is 11.3 Å². The van der Waals surface area contributed by atoms with E-state index >= 15 is 0 Å². The van der Waals surface area contributed by atoms with Crippen molar-refractivity contribution in [3.63, 3.8) is 0 Å². The fourth-order valence-corrected chi connectivity index (χ4v) is 2.13. The van der Waals surface area contributed by atoms with Gasteiger partial charge in [0, 0.05) is 6.21 Å². The number of rotatable bonds is 2. The highest BCUT2D eigenvalue weighted by molar-refractivity contribution is 5.88. The van der Waals surface area contributed by atoms with E-state index in [9.17, 15) is 0 Å². The predicted molar refractivity (Wildman–Crippen MR) is 82.4 cm³/mol. The molecule has 0 aliphatic carbocycles. The van der Waals surface area contributed by atoms with Gasteiger partial charge in [0.05, 0.1) is 5.69 Å². The number of hydrogen-bond acceptors (Lipinski definition) is 1. The number of fused-ring (bicyclic) bond motifs is 1.